The van der Waals surface area contributed by atoms with Crippen LogP contribution in [-0.4, -0.2) is 52.7 Å². The first-order chi connectivity index (χ1) is 15.6. The fraction of sp³-hybridized carbons (Fsp3) is 0.478. The van der Waals surface area contributed by atoms with E-state index in [9.17, 15) is 9.59 Å². The van der Waals surface area contributed by atoms with Crippen LogP contribution in [0.5, 0.6) is 5.75 Å². The largest absolute Gasteiger partial charge is 0.486 e. The number of hydrogen-bond acceptors (Lipinski definition) is 8. The molecule has 0 amide bonds. The van der Waals surface area contributed by atoms with Gasteiger partial charge in [0.25, 0.3) is 5.56 Å². The van der Waals surface area contributed by atoms with Gasteiger partial charge in [-0.15, -0.1) is 0 Å². The molecule has 2 aromatic heterocycles. The predicted molar refractivity (Wildman–Crippen MR) is 123 cm³/mol. The summed E-state index contributed by atoms with van der Waals surface area (Å²) in [5, 5.41) is 0.685. The molecule has 0 radical (unpaired) electrons. The number of aryl methyl sites for hydroxylation is 1. The Bertz CT molecular complexity index is 1170. The third-order valence-corrected chi connectivity index (χ3v) is 7.17. The van der Waals surface area contributed by atoms with Crippen LogP contribution in [-0.2, 0) is 9.53 Å². The molecule has 0 N–H and O–H groups in total. The highest BCUT2D eigenvalue weighted by Crippen LogP contribution is 2.32. The number of anilines is 1. The van der Waals surface area contributed by atoms with Crippen LogP contribution in [0.4, 0.5) is 5.13 Å². The molecule has 9 heteroatoms. The van der Waals surface area contributed by atoms with Crippen LogP contribution in [0, 0.1) is 6.92 Å². The summed E-state index contributed by atoms with van der Waals surface area (Å²) in [5.74, 6) is 1.41. The van der Waals surface area contributed by atoms with Crippen molar-refractivity contribution in [3.8, 4) is 5.75 Å². The van der Waals surface area contributed by atoms with E-state index in [-0.39, 0.29) is 30.0 Å². The maximum atomic E-state index is 13.3. The molecule has 5 rings (SSSR count). The molecule has 0 saturated carbocycles. The summed E-state index contributed by atoms with van der Waals surface area (Å²) in [4.78, 5) is 38.2. The normalized spacial score (nSPS) is 19.5. The van der Waals surface area contributed by atoms with Gasteiger partial charge in [0, 0.05) is 25.8 Å². The lowest BCUT2D eigenvalue weighted by Crippen LogP contribution is -2.38. The Balaban J connectivity index is 1.39. The highest BCUT2D eigenvalue weighted by atomic mass is 32.1. The average molecular weight is 455 g/mol. The topological polar surface area (TPSA) is 86.6 Å². The summed E-state index contributed by atoms with van der Waals surface area (Å²) >= 11 is 1.39. The first kappa shape index (κ1) is 21.1. The number of carbonyl (C=O) groups is 1. The standard InChI is InChI=1S/C23H26N4O4S/c1-15-24-21-20(22(29)27(15)16-9-12-30-13-10-16)25-23(32-21)26-11-5-8-18(26)19(28)14-31-17-6-3-2-4-7-17/h2-4,6-7,16,18H,5,8-14H2,1H3. The number of Topliss-reactive ketones (excluding diaryl/α,β-unsaturated/α-hetero) is 1. The molecule has 2 saturated heterocycles. The molecule has 32 heavy (non-hydrogen) atoms. The highest BCUT2D eigenvalue weighted by molar-refractivity contribution is 7.21. The fourth-order valence-electron chi connectivity index (χ4n) is 4.57. The first-order valence-corrected chi connectivity index (χ1v) is 11.9. The molecular formula is C23H26N4O4S. The van der Waals surface area contributed by atoms with E-state index in [1.807, 2.05) is 42.2 Å². The summed E-state index contributed by atoms with van der Waals surface area (Å²) in [6.07, 6.45) is 3.26. The number of rotatable bonds is 6. The molecule has 0 bridgehead atoms. The van der Waals surface area contributed by atoms with Gasteiger partial charge in [-0.25, -0.2) is 9.97 Å². The smallest absolute Gasteiger partial charge is 0.281 e. The third-order valence-electron chi connectivity index (χ3n) is 6.18. The molecule has 2 fully saturated rings. The minimum absolute atomic E-state index is 0.0178. The SMILES string of the molecule is Cc1nc2sc(N3CCCC3C(=O)COc3ccccc3)nc2c(=O)n1C1CCOCC1. The number of aromatic nitrogens is 3. The van der Waals surface area contributed by atoms with Crippen LogP contribution in [0.2, 0.25) is 0 Å². The van der Waals surface area contributed by atoms with Gasteiger partial charge in [-0.1, -0.05) is 29.5 Å². The van der Waals surface area contributed by atoms with Crippen molar-refractivity contribution in [1.82, 2.24) is 14.5 Å². The Morgan fingerprint density at radius 1 is 1.19 bits per heavy atom. The molecule has 1 unspecified atom stereocenters. The molecular weight excluding hydrogens is 428 g/mol. The van der Waals surface area contributed by atoms with E-state index in [2.05, 4.69) is 4.98 Å². The van der Waals surface area contributed by atoms with Gasteiger partial charge in [0.15, 0.2) is 21.3 Å². The number of hydrogen-bond donors (Lipinski definition) is 0. The minimum Gasteiger partial charge on any atom is -0.486 e. The molecule has 168 valence electrons. The maximum absolute atomic E-state index is 13.3. The monoisotopic (exact) mass is 454 g/mol. The second-order valence-electron chi connectivity index (χ2n) is 8.25. The zero-order chi connectivity index (χ0) is 22.1. The number of benzene rings is 1. The number of ether oxygens (including phenoxy) is 2. The Morgan fingerprint density at radius 2 is 1.97 bits per heavy atom. The summed E-state index contributed by atoms with van der Waals surface area (Å²) < 4.78 is 12.9. The quantitative estimate of drug-likeness (QED) is 0.566. The third kappa shape index (κ3) is 4.02. The molecule has 8 nitrogen and oxygen atoms in total. The van der Waals surface area contributed by atoms with E-state index in [0.717, 1.165) is 32.2 Å². The van der Waals surface area contributed by atoms with Gasteiger partial charge in [0.2, 0.25) is 0 Å². The molecule has 1 aromatic carbocycles. The highest BCUT2D eigenvalue weighted by Gasteiger charge is 2.33. The Hall–Kier alpha value is -2.78. The first-order valence-electron chi connectivity index (χ1n) is 11.1. The van der Waals surface area contributed by atoms with E-state index in [1.54, 1.807) is 4.57 Å². The second-order valence-corrected chi connectivity index (χ2v) is 9.20. The zero-order valence-corrected chi connectivity index (χ0v) is 18.8. The van der Waals surface area contributed by atoms with Crippen molar-refractivity contribution in [2.45, 2.75) is 44.7 Å². The van der Waals surface area contributed by atoms with Crippen molar-refractivity contribution in [2.75, 3.05) is 31.3 Å². The average Bonchev–Trinajstić information content (AvgIpc) is 3.46. The minimum atomic E-state index is -0.293. The van der Waals surface area contributed by atoms with E-state index < -0.39 is 0 Å². The van der Waals surface area contributed by atoms with Crippen LogP contribution in [0.1, 0.15) is 37.5 Å². The lowest BCUT2D eigenvalue weighted by Gasteiger charge is -2.25. The van der Waals surface area contributed by atoms with Crippen LogP contribution < -0.4 is 15.2 Å². The van der Waals surface area contributed by atoms with E-state index in [0.29, 0.717) is 40.3 Å². The van der Waals surface area contributed by atoms with Gasteiger partial charge in [-0.05, 0) is 44.7 Å². The number of ketones is 1. The van der Waals surface area contributed by atoms with Gasteiger partial charge in [0.05, 0.1) is 6.04 Å². The summed E-state index contributed by atoms with van der Waals surface area (Å²) in [5.41, 5.74) is 0.289. The maximum Gasteiger partial charge on any atom is 0.281 e. The second kappa shape index (κ2) is 8.99. The van der Waals surface area contributed by atoms with Gasteiger partial charge in [-0.2, -0.15) is 0 Å². The Labute approximate surface area is 189 Å². The fourth-order valence-corrected chi connectivity index (χ4v) is 5.63. The molecule has 2 aliphatic heterocycles. The van der Waals surface area contributed by atoms with Gasteiger partial charge in [0.1, 0.15) is 18.2 Å². The van der Waals surface area contributed by atoms with Crippen LogP contribution in [0.25, 0.3) is 10.3 Å². The molecule has 0 aliphatic carbocycles. The molecule has 0 spiro atoms. The van der Waals surface area contributed by atoms with Crippen molar-refractivity contribution in [3.63, 3.8) is 0 Å². The van der Waals surface area contributed by atoms with Gasteiger partial charge in [-0.3, -0.25) is 14.2 Å². The van der Waals surface area contributed by atoms with Crippen molar-refractivity contribution in [2.24, 2.45) is 0 Å². The van der Waals surface area contributed by atoms with Crippen molar-refractivity contribution in [3.05, 3.63) is 46.5 Å². The number of nitrogens with zero attached hydrogens (tertiary/aromatic N) is 4. The van der Waals surface area contributed by atoms with Gasteiger partial charge < -0.3 is 14.4 Å². The Kier molecular flexibility index (Phi) is 5.93. The van der Waals surface area contributed by atoms with E-state index in [4.69, 9.17) is 14.5 Å². The number of thiazole rings is 1. The number of carbonyl (C=O) groups excluding carboxylic acids is 1. The summed E-state index contributed by atoms with van der Waals surface area (Å²) in [6, 6.07) is 9.14. The van der Waals surface area contributed by atoms with Crippen LogP contribution in [0.15, 0.2) is 35.1 Å². The van der Waals surface area contributed by atoms with Gasteiger partial charge >= 0.3 is 0 Å². The number of fused-ring (bicyclic) bond motifs is 1. The van der Waals surface area contributed by atoms with Crippen molar-refractivity contribution in [1.29, 1.82) is 0 Å². The molecule has 4 heterocycles. The lowest BCUT2D eigenvalue weighted by atomic mass is 10.1. The van der Waals surface area contributed by atoms with E-state index in [1.165, 1.54) is 11.3 Å². The summed E-state index contributed by atoms with van der Waals surface area (Å²) in [6.45, 7) is 3.93. The molecule has 2 aliphatic rings. The van der Waals surface area contributed by atoms with Crippen molar-refractivity contribution < 1.29 is 14.3 Å². The molecule has 3 aromatic rings. The van der Waals surface area contributed by atoms with Crippen LogP contribution in [0.3, 0.4) is 0 Å². The van der Waals surface area contributed by atoms with E-state index >= 15 is 0 Å². The number of para-hydroxylation sites is 1. The summed E-state index contributed by atoms with van der Waals surface area (Å²) in [7, 11) is 0. The molecule has 1 atom stereocenters. The predicted octanol–water partition coefficient (Wildman–Crippen LogP) is 3.13. The Morgan fingerprint density at radius 3 is 2.75 bits per heavy atom. The van der Waals surface area contributed by atoms with Crippen molar-refractivity contribution >= 4 is 32.6 Å². The zero-order valence-electron chi connectivity index (χ0n) is 18.0. The van der Waals surface area contributed by atoms with Crippen LogP contribution >= 0.6 is 11.3 Å². The lowest BCUT2D eigenvalue weighted by molar-refractivity contribution is -0.122.